The number of hydrogen-bond acceptors (Lipinski definition) is 1. The van der Waals surface area contributed by atoms with Crippen LogP contribution in [0.5, 0.6) is 0 Å². The van der Waals surface area contributed by atoms with Gasteiger partial charge in [0.2, 0.25) is 0 Å². The highest BCUT2D eigenvalue weighted by atomic mass is 79.9. The second kappa shape index (κ2) is 6.85. The molecule has 0 saturated heterocycles. The maximum absolute atomic E-state index is 4.80. The molecule has 0 aromatic carbocycles. The molecule has 0 aliphatic heterocycles. The fourth-order valence-corrected chi connectivity index (χ4v) is 5.31. The Morgan fingerprint density at radius 2 is 2.14 bits per heavy atom. The summed E-state index contributed by atoms with van der Waals surface area (Å²) in [5.74, 6) is 1.62. The van der Waals surface area contributed by atoms with Crippen molar-refractivity contribution < 1.29 is 0 Å². The number of aromatic nitrogens is 2. The van der Waals surface area contributed by atoms with Crippen molar-refractivity contribution in [1.82, 2.24) is 9.78 Å². The van der Waals surface area contributed by atoms with Gasteiger partial charge in [0, 0.05) is 17.1 Å². The van der Waals surface area contributed by atoms with Crippen molar-refractivity contribution in [2.75, 3.05) is 0 Å². The Morgan fingerprint density at radius 3 is 2.76 bits per heavy atom. The number of rotatable bonds is 5. The molecular weight excluding hydrogens is 324 g/mol. The molecule has 0 bridgehead atoms. The topological polar surface area (TPSA) is 17.8 Å². The van der Waals surface area contributed by atoms with Crippen LogP contribution in [0, 0.1) is 17.3 Å². The zero-order valence-corrected chi connectivity index (χ0v) is 15.9. The summed E-state index contributed by atoms with van der Waals surface area (Å²) in [5, 5.41) is 4.80. The summed E-state index contributed by atoms with van der Waals surface area (Å²) in [7, 11) is 0. The van der Waals surface area contributed by atoms with Gasteiger partial charge in [-0.15, -0.1) is 0 Å². The molecule has 0 N–H and O–H groups in total. The van der Waals surface area contributed by atoms with Gasteiger partial charge in [-0.3, -0.25) is 4.68 Å². The van der Waals surface area contributed by atoms with Crippen molar-refractivity contribution in [1.29, 1.82) is 0 Å². The SMILES string of the molecule is CCC(C)n1ccc(CC(C)(C)C2CCC(C)CC2Br)n1. The number of hydrogen-bond donors (Lipinski definition) is 0. The Hall–Kier alpha value is -0.310. The lowest BCUT2D eigenvalue weighted by Gasteiger charge is -2.42. The van der Waals surface area contributed by atoms with E-state index in [2.05, 4.69) is 67.5 Å². The summed E-state index contributed by atoms with van der Waals surface area (Å²) in [5.41, 5.74) is 1.56. The van der Waals surface area contributed by atoms with E-state index in [0.717, 1.165) is 24.7 Å². The van der Waals surface area contributed by atoms with E-state index >= 15 is 0 Å². The smallest absolute Gasteiger partial charge is 0.0630 e. The lowest BCUT2D eigenvalue weighted by molar-refractivity contribution is 0.145. The van der Waals surface area contributed by atoms with E-state index in [1.54, 1.807) is 0 Å². The van der Waals surface area contributed by atoms with E-state index in [0.29, 0.717) is 16.3 Å². The first-order valence-electron chi connectivity index (χ1n) is 8.51. The minimum absolute atomic E-state index is 0.308. The van der Waals surface area contributed by atoms with Gasteiger partial charge >= 0.3 is 0 Å². The Bertz CT molecular complexity index is 452. The maximum atomic E-state index is 4.80. The summed E-state index contributed by atoms with van der Waals surface area (Å²) in [6, 6.07) is 2.71. The van der Waals surface area contributed by atoms with E-state index in [1.807, 2.05) is 0 Å². The molecule has 1 aliphatic rings. The van der Waals surface area contributed by atoms with Crippen LogP contribution in [-0.2, 0) is 6.42 Å². The van der Waals surface area contributed by atoms with E-state index in [9.17, 15) is 0 Å². The molecule has 1 aromatic rings. The normalized spacial score (nSPS) is 28.6. The molecule has 2 nitrogen and oxygen atoms in total. The first-order chi connectivity index (χ1) is 9.83. The highest BCUT2D eigenvalue weighted by molar-refractivity contribution is 9.09. The van der Waals surface area contributed by atoms with E-state index in [4.69, 9.17) is 5.10 Å². The third-order valence-electron chi connectivity index (χ3n) is 5.38. The van der Waals surface area contributed by atoms with Crippen LogP contribution in [0.4, 0.5) is 0 Å². The van der Waals surface area contributed by atoms with E-state index in [1.165, 1.54) is 25.0 Å². The van der Waals surface area contributed by atoms with Gasteiger partial charge in [0.1, 0.15) is 0 Å². The molecule has 4 unspecified atom stereocenters. The molecule has 1 aliphatic carbocycles. The molecule has 2 rings (SSSR count). The van der Waals surface area contributed by atoms with Crippen molar-refractivity contribution in [3.05, 3.63) is 18.0 Å². The molecule has 1 saturated carbocycles. The quantitative estimate of drug-likeness (QED) is 0.627. The molecule has 1 heterocycles. The highest BCUT2D eigenvalue weighted by Crippen LogP contribution is 2.45. The summed E-state index contributed by atoms with van der Waals surface area (Å²) in [4.78, 5) is 0.660. The lowest BCUT2D eigenvalue weighted by atomic mass is 9.67. The molecule has 3 heteroatoms. The van der Waals surface area contributed by atoms with Crippen molar-refractivity contribution in [3.63, 3.8) is 0 Å². The van der Waals surface area contributed by atoms with Crippen LogP contribution in [0.25, 0.3) is 0 Å². The molecule has 0 amide bonds. The number of halogens is 1. The summed E-state index contributed by atoms with van der Waals surface area (Å²) >= 11 is 3.96. The largest absolute Gasteiger partial charge is 0.270 e. The van der Waals surface area contributed by atoms with Crippen molar-refractivity contribution in [3.8, 4) is 0 Å². The van der Waals surface area contributed by atoms with Gasteiger partial charge < -0.3 is 0 Å². The predicted octanol–water partition coefficient (Wildman–Crippen LogP) is 5.62. The standard InChI is InChI=1S/C18H31BrN2/c1-6-14(3)21-10-9-15(20-21)12-18(4,5)16-8-7-13(2)11-17(16)19/h9-10,13-14,16-17H,6-8,11-12H2,1-5H3. The van der Waals surface area contributed by atoms with E-state index < -0.39 is 0 Å². The van der Waals surface area contributed by atoms with Crippen LogP contribution in [0.15, 0.2) is 12.3 Å². The first kappa shape index (κ1) is 17.1. The van der Waals surface area contributed by atoms with Gasteiger partial charge in [-0.1, -0.05) is 50.0 Å². The van der Waals surface area contributed by atoms with Crippen LogP contribution < -0.4 is 0 Å². The summed E-state index contributed by atoms with van der Waals surface area (Å²) in [6.45, 7) is 11.7. The molecule has 21 heavy (non-hydrogen) atoms. The van der Waals surface area contributed by atoms with Gasteiger partial charge in [-0.2, -0.15) is 5.10 Å². The average Bonchev–Trinajstić information content (AvgIpc) is 2.85. The number of nitrogens with zero attached hydrogens (tertiary/aromatic N) is 2. The highest BCUT2D eigenvalue weighted by Gasteiger charge is 2.38. The van der Waals surface area contributed by atoms with Crippen LogP contribution in [-0.4, -0.2) is 14.6 Å². The molecule has 1 fully saturated rings. The van der Waals surface area contributed by atoms with Gasteiger partial charge in [0.05, 0.1) is 5.69 Å². The Kier molecular flexibility index (Phi) is 5.56. The van der Waals surface area contributed by atoms with Crippen LogP contribution in [0.3, 0.4) is 0 Å². The maximum Gasteiger partial charge on any atom is 0.0630 e. The summed E-state index contributed by atoms with van der Waals surface area (Å²) in [6.07, 6.45) is 8.39. The zero-order chi connectivity index (χ0) is 15.6. The molecule has 0 radical (unpaired) electrons. The average molecular weight is 355 g/mol. The van der Waals surface area contributed by atoms with Gasteiger partial charge in [-0.25, -0.2) is 0 Å². The molecular formula is C18H31BrN2. The van der Waals surface area contributed by atoms with Gasteiger partial charge in [0.25, 0.3) is 0 Å². The monoisotopic (exact) mass is 354 g/mol. The molecule has 120 valence electrons. The summed E-state index contributed by atoms with van der Waals surface area (Å²) < 4.78 is 2.12. The van der Waals surface area contributed by atoms with Crippen molar-refractivity contribution in [2.45, 2.75) is 77.6 Å². The van der Waals surface area contributed by atoms with Gasteiger partial charge in [-0.05, 0) is 55.9 Å². The fraction of sp³-hybridized carbons (Fsp3) is 0.833. The second-order valence-corrected chi connectivity index (χ2v) is 8.93. The van der Waals surface area contributed by atoms with E-state index in [-0.39, 0.29) is 0 Å². The Morgan fingerprint density at radius 1 is 1.43 bits per heavy atom. The van der Waals surface area contributed by atoms with Gasteiger partial charge in [0.15, 0.2) is 0 Å². The minimum Gasteiger partial charge on any atom is -0.270 e. The van der Waals surface area contributed by atoms with Crippen molar-refractivity contribution in [2.24, 2.45) is 17.3 Å². The lowest BCUT2D eigenvalue weighted by Crippen LogP contribution is -2.37. The molecule has 1 aromatic heterocycles. The third-order valence-corrected chi connectivity index (χ3v) is 6.39. The fourth-order valence-electron chi connectivity index (χ4n) is 3.69. The number of alkyl halides is 1. The Labute approximate surface area is 138 Å². The second-order valence-electron chi connectivity index (χ2n) is 7.75. The van der Waals surface area contributed by atoms with Crippen LogP contribution in [0.2, 0.25) is 0 Å². The molecule has 4 atom stereocenters. The van der Waals surface area contributed by atoms with Crippen LogP contribution in [0.1, 0.15) is 72.0 Å². The molecule has 0 spiro atoms. The van der Waals surface area contributed by atoms with Crippen molar-refractivity contribution >= 4 is 15.9 Å². The zero-order valence-electron chi connectivity index (χ0n) is 14.3. The predicted molar refractivity (Wildman–Crippen MR) is 93.9 cm³/mol. The third kappa shape index (κ3) is 4.12. The Balaban J connectivity index is 2.04. The minimum atomic E-state index is 0.308. The van der Waals surface area contributed by atoms with Crippen LogP contribution >= 0.6 is 15.9 Å². The first-order valence-corrected chi connectivity index (χ1v) is 9.43.